The van der Waals surface area contributed by atoms with Crippen molar-refractivity contribution in [2.45, 2.75) is 38.8 Å². The van der Waals surface area contributed by atoms with Gasteiger partial charge in [-0.3, -0.25) is 4.99 Å². The van der Waals surface area contributed by atoms with Crippen molar-refractivity contribution < 1.29 is 9.47 Å². The van der Waals surface area contributed by atoms with Gasteiger partial charge in [-0.25, -0.2) is 0 Å². The number of aryl methyl sites for hydroxylation is 2. The van der Waals surface area contributed by atoms with Gasteiger partial charge >= 0.3 is 0 Å². The summed E-state index contributed by atoms with van der Waals surface area (Å²) in [5.74, 6) is 2.10. The summed E-state index contributed by atoms with van der Waals surface area (Å²) in [5, 5.41) is 4.28. The maximum atomic E-state index is 6.63. The highest BCUT2D eigenvalue weighted by Crippen LogP contribution is 2.49. The molecule has 1 aliphatic heterocycles. The summed E-state index contributed by atoms with van der Waals surface area (Å²) < 4.78 is 11.7. The number of methoxy groups -OCH3 is 1. The summed E-state index contributed by atoms with van der Waals surface area (Å²) in [6, 6.07) is 27.6. The van der Waals surface area contributed by atoms with Crippen molar-refractivity contribution in [1.82, 2.24) is 0 Å². The number of nitrogens with one attached hydrogen (secondary N) is 1. The first-order chi connectivity index (χ1) is 19.5. The van der Waals surface area contributed by atoms with Gasteiger partial charge in [0.2, 0.25) is 0 Å². The Labute approximate surface area is 241 Å². The number of nitrogens with zero attached hydrogens (tertiary/aromatic N) is 1. The molecule has 1 heterocycles. The molecule has 6 rings (SSSR count). The van der Waals surface area contributed by atoms with Gasteiger partial charge in [-0.05, 0) is 78.8 Å². The molecular formula is C35H33ClN2O2. The van der Waals surface area contributed by atoms with E-state index in [-0.39, 0.29) is 6.04 Å². The number of aliphatic imine (C=N–C) groups is 1. The second kappa shape index (κ2) is 11.2. The molecule has 0 fully saturated rings. The summed E-state index contributed by atoms with van der Waals surface area (Å²) in [4.78, 5) is 4.71. The molecule has 0 saturated carbocycles. The lowest BCUT2D eigenvalue weighted by atomic mass is 9.77. The smallest absolute Gasteiger partial charge is 0.180 e. The summed E-state index contributed by atoms with van der Waals surface area (Å²) in [7, 11) is 1.62. The third-order valence-electron chi connectivity index (χ3n) is 7.80. The van der Waals surface area contributed by atoms with Gasteiger partial charge in [0.1, 0.15) is 6.61 Å². The summed E-state index contributed by atoms with van der Waals surface area (Å²) in [5.41, 5.74) is 9.14. The van der Waals surface area contributed by atoms with Crippen LogP contribution in [0.1, 0.15) is 51.8 Å². The summed E-state index contributed by atoms with van der Waals surface area (Å²) in [6.45, 7) is 4.58. The van der Waals surface area contributed by atoms with Crippen LogP contribution in [0.4, 0.5) is 11.4 Å². The molecule has 0 aromatic heterocycles. The van der Waals surface area contributed by atoms with E-state index in [2.05, 4.69) is 98.0 Å². The molecule has 4 nitrogen and oxygen atoms in total. The van der Waals surface area contributed by atoms with Crippen molar-refractivity contribution in [2.24, 2.45) is 10.9 Å². The molecule has 40 heavy (non-hydrogen) atoms. The maximum absolute atomic E-state index is 6.63. The minimum absolute atomic E-state index is 0.271. The zero-order valence-corrected chi connectivity index (χ0v) is 23.8. The summed E-state index contributed by atoms with van der Waals surface area (Å²) in [6.07, 6.45) is 7.59. The van der Waals surface area contributed by atoms with E-state index in [1.54, 1.807) is 7.11 Å². The number of para-hydroxylation sites is 1. The van der Waals surface area contributed by atoms with Crippen LogP contribution < -0.4 is 14.8 Å². The standard InChI is InChI=1S/C35H33ClN2O2/c1-22-15-23(2)17-25(16-22)21-40-35-31(36)18-24(19-33(35)39-3)20-37-27-13-11-26(12-14-27)34-30-9-6-8-28(30)29-7-4-5-10-32(29)38-34/h4-8,10-20,28,30,34,38H,9,21H2,1-3H3/t28-,30+,34-/m0/s1. The van der Waals surface area contributed by atoms with Crippen LogP contribution in [-0.2, 0) is 6.61 Å². The van der Waals surface area contributed by atoms with Gasteiger partial charge < -0.3 is 14.8 Å². The number of benzene rings is 4. The fraction of sp³-hybridized carbons (Fsp3) is 0.229. The molecular weight excluding hydrogens is 516 g/mol. The zero-order valence-electron chi connectivity index (χ0n) is 23.0. The molecule has 0 bridgehead atoms. The van der Waals surface area contributed by atoms with Gasteiger partial charge in [0.25, 0.3) is 0 Å². The molecule has 0 saturated heterocycles. The van der Waals surface area contributed by atoms with E-state index >= 15 is 0 Å². The van der Waals surface area contributed by atoms with E-state index in [4.69, 9.17) is 26.1 Å². The van der Waals surface area contributed by atoms with Crippen LogP contribution in [0.5, 0.6) is 11.5 Å². The highest BCUT2D eigenvalue weighted by atomic mass is 35.5. The molecule has 5 heteroatoms. The van der Waals surface area contributed by atoms with Gasteiger partial charge in [0, 0.05) is 17.8 Å². The van der Waals surface area contributed by atoms with Crippen LogP contribution in [-0.4, -0.2) is 13.3 Å². The zero-order chi connectivity index (χ0) is 27.6. The Morgan fingerprint density at radius 2 is 1.75 bits per heavy atom. The maximum Gasteiger partial charge on any atom is 0.180 e. The Kier molecular flexibility index (Phi) is 7.36. The Bertz CT molecular complexity index is 1570. The fourth-order valence-corrected chi connectivity index (χ4v) is 6.33. The minimum Gasteiger partial charge on any atom is -0.493 e. The van der Waals surface area contributed by atoms with Crippen molar-refractivity contribution in [2.75, 3.05) is 12.4 Å². The lowest BCUT2D eigenvalue weighted by Gasteiger charge is -2.37. The number of fused-ring (bicyclic) bond motifs is 3. The van der Waals surface area contributed by atoms with Crippen molar-refractivity contribution >= 4 is 29.2 Å². The first-order valence-electron chi connectivity index (χ1n) is 13.7. The van der Waals surface area contributed by atoms with E-state index < -0.39 is 0 Å². The van der Waals surface area contributed by atoms with Crippen LogP contribution in [0.25, 0.3) is 0 Å². The number of allylic oxidation sites excluding steroid dienone is 2. The van der Waals surface area contributed by atoms with Gasteiger partial charge in [-0.2, -0.15) is 0 Å². The topological polar surface area (TPSA) is 42.8 Å². The first kappa shape index (κ1) is 26.2. The number of hydrogen-bond acceptors (Lipinski definition) is 4. The van der Waals surface area contributed by atoms with E-state index in [0.29, 0.717) is 35.0 Å². The summed E-state index contributed by atoms with van der Waals surface area (Å²) >= 11 is 6.63. The second-order valence-electron chi connectivity index (χ2n) is 10.7. The Balaban J connectivity index is 1.17. The van der Waals surface area contributed by atoms with Crippen LogP contribution in [0.15, 0.2) is 96.0 Å². The second-order valence-corrected chi connectivity index (χ2v) is 11.1. The largest absolute Gasteiger partial charge is 0.493 e. The predicted molar refractivity (Wildman–Crippen MR) is 165 cm³/mol. The van der Waals surface area contributed by atoms with Crippen molar-refractivity contribution in [3.63, 3.8) is 0 Å². The average molecular weight is 549 g/mol. The molecule has 0 amide bonds. The van der Waals surface area contributed by atoms with Crippen LogP contribution in [0.3, 0.4) is 0 Å². The predicted octanol–water partition coefficient (Wildman–Crippen LogP) is 9.12. The van der Waals surface area contributed by atoms with Crippen LogP contribution >= 0.6 is 11.6 Å². The van der Waals surface area contributed by atoms with Crippen molar-refractivity contribution in [1.29, 1.82) is 0 Å². The van der Waals surface area contributed by atoms with E-state index in [1.165, 1.54) is 27.9 Å². The first-order valence-corrected chi connectivity index (χ1v) is 14.1. The molecule has 0 radical (unpaired) electrons. The molecule has 0 unspecified atom stereocenters. The fourth-order valence-electron chi connectivity index (χ4n) is 6.05. The van der Waals surface area contributed by atoms with Gasteiger partial charge in [-0.1, -0.05) is 83.4 Å². The van der Waals surface area contributed by atoms with Crippen LogP contribution in [0, 0.1) is 19.8 Å². The van der Waals surface area contributed by atoms with Crippen molar-refractivity contribution in [3.05, 3.63) is 129 Å². The normalized spacial score (nSPS) is 19.2. The molecule has 2 aliphatic rings. The monoisotopic (exact) mass is 548 g/mol. The van der Waals surface area contributed by atoms with Crippen LogP contribution in [0.2, 0.25) is 5.02 Å². The Morgan fingerprint density at radius 1 is 0.975 bits per heavy atom. The Hall–Kier alpha value is -4.02. The molecule has 4 aromatic carbocycles. The minimum atomic E-state index is 0.271. The number of ether oxygens (including phenoxy) is 2. The molecule has 4 aromatic rings. The number of rotatable bonds is 7. The molecule has 3 atom stereocenters. The third-order valence-corrected chi connectivity index (χ3v) is 8.08. The average Bonchev–Trinajstić information content (AvgIpc) is 3.45. The van der Waals surface area contributed by atoms with Crippen molar-refractivity contribution in [3.8, 4) is 11.5 Å². The molecule has 202 valence electrons. The third kappa shape index (κ3) is 5.37. The number of anilines is 1. The lowest BCUT2D eigenvalue weighted by Crippen LogP contribution is -2.28. The molecule has 1 N–H and O–H groups in total. The van der Waals surface area contributed by atoms with E-state index in [0.717, 1.165) is 23.2 Å². The van der Waals surface area contributed by atoms with Gasteiger partial charge in [0.15, 0.2) is 11.5 Å². The van der Waals surface area contributed by atoms with Gasteiger partial charge in [-0.15, -0.1) is 0 Å². The van der Waals surface area contributed by atoms with Gasteiger partial charge in [0.05, 0.1) is 23.9 Å². The lowest BCUT2D eigenvalue weighted by molar-refractivity contribution is 0.284. The number of hydrogen-bond donors (Lipinski definition) is 1. The highest BCUT2D eigenvalue weighted by molar-refractivity contribution is 6.32. The molecule has 1 aliphatic carbocycles. The SMILES string of the molecule is COc1cc(C=Nc2ccc([C@@H]3Nc4ccccc4[C@@H]4C=CC[C@H]43)cc2)cc(Cl)c1OCc1cc(C)cc(C)c1. The quantitative estimate of drug-likeness (QED) is 0.185. The Morgan fingerprint density at radius 3 is 2.52 bits per heavy atom. The van der Waals surface area contributed by atoms with E-state index in [1.807, 2.05) is 18.3 Å². The number of halogens is 1. The highest BCUT2D eigenvalue weighted by Gasteiger charge is 2.37. The van der Waals surface area contributed by atoms with E-state index in [9.17, 15) is 0 Å². The molecule has 0 spiro atoms.